The molecule has 4 rings (SSSR count). The van der Waals surface area contributed by atoms with Crippen LogP contribution >= 0.6 is 0 Å². The highest BCUT2D eigenvalue weighted by Crippen LogP contribution is 2.15. The summed E-state index contributed by atoms with van der Waals surface area (Å²) >= 11 is 0. The average Bonchev–Trinajstić information content (AvgIpc) is 2.87. The number of morpholine rings is 1. The van der Waals surface area contributed by atoms with Gasteiger partial charge in [-0.15, -0.1) is 0 Å². The number of hydrogen-bond acceptors (Lipinski definition) is 8. The first-order chi connectivity index (χ1) is 16.8. The zero-order chi connectivity index (χ0) is 24.8. The molecule has 1 N–H and O–H groups in total. The van der Waals surface area contributed by atoms with Gasteiger partial charge >= 0.3 is 6.09 Å². The summed E-state index contributed by atoms with van der Waals surface area (Å²) in [5.41, 5.74) is 1.17. The molecule has 3 heterocycles. The van der Waals surface area contributed by atoms with Gasteiger partial charge in [-0.05, 0) is 38.5 Å². The Balaban J connectivity index is 1.19. The molecule has 3 aliphatic heterocycles. The van der Waals surface area contributed by atoms with Crippen molar-refractivity contribution in [1.29, 1.82) is 0 Å². The van der Waals surface area contributed by atoms with E-state index in [9.17, 15) is 9.59 Å². The fourth-order valence-electron chi connectivity index (χ4n) is 3.96. The summed E-state index contributed by atoms with van der Waals surface area (Å²) in [7, 11) is 0. The highest BCUT2D eigenvalue weighted by Gasteiger charge is 2.27. The molecule has 0 unspecified atom stereocenters. The molecule has 1 aromatic rings. The summed E-state index contributed by atoms with van der Waals surface area (Å²) < 4.78 is 16.7. The van der Waals surface area contributed by atoms with Crippen LogP contribution < -0.4 is 5.32 Å². The van der Waals surface area contributed by atoms with Crippen molar-refractivity contribution in [1.82, 2.24) is 20.0 Å². The van der Waals surface area contributed by atoms with Crippen molar-refractivity contribution in [3.63, 3.8) is 0 Å². The zero-order valence-electron chi connectivity index (χ0n) is 20.8. The first-order valence-corrected chi connectivity index (χ1v) is 12.1. The van der Waals surface area contributed by atoms with E-state index < -0.39 is 5.60 Å². The lowest BCUT2D eigenvalue weighted by Gasteiger charge is -2.37. The predicted molar refractivity (Wildman–Crippen MR) is 131 cm³/mol. The number of hydrogen-bond donors (Lipinski definition) is 1. The monoisotopic (exact) mass is 485 g/mol. The van der Waals surface area contributed by atoms with E-state index >= 15 is 0 Å². The molecule has 2 saturated heterocycles. The molecule has 35 heavy (non-hydrogen) atoms. The van der Waals surface area contributed by atoms with Crippen LogP contribution in [0.2, 0.25) is 0 Å². The number of benzene rings is 1. The van der Waals surface area contributed by atoms with Gasteiger partial charge in [-0.3, -0.25) is 4.79 Å². The van der Waals surface area contributed by atoms with Crippen molar-refractivity contribution in [2.24, 2.45) is 4.99 Å². The van der Waals surface area contributed by atoms with Crippen molar-refractivity contribution in [3.8, 4) is 0 Å². The quantitative estimate of drug-likeness (QED) is 0.697. The minimum absolute atomic E-state index is 0.0359. The molecule has 0 aromatic heterocycles. The number of ether oxygens (including phenoxy) is 3. The van der Waals surface area contributed by atoms with Crippen LogP contribution in [0.1, 0.15) is 36.7 Å². The van der Waals surface area contributed by atoms with Crippen LogP contribution in [0.3, 0.4) is 0 Å². The summed E-state index contributed by atoms with van der Waals surface area (Å²) in [6.07, 6.45) is 1.56. The maximum Gasteiger partial charge on any atom is 0.410 e. The van der Waals surface area contributed by atoms with Crippen molar-refractivity contribution >= 4 is 18.0 Å². The van der Waals surface area contributed by atoms with Gasteiger partial charge in [-0.1, -0.05) is 12.1 Å². The summed E-state index contributed by atoms with van der Waals surface area (Å²) in [5.74, 6) is 1.57. The van der Waals surface area contributed by atoms with Crippen LogP contribution in [0.5, 0.6) is 0 Å². The summed E-state index contributed by atoms with van der Waals surface area (Å²) in [6.45, 7) is 11.5. The molecular formula is C25H35N5O5. The molecule has 1 aromatic carbocycles. The van der Waals surface area contributed by atoms with Gasteiger partial charge in [0.1, 0.15) is 24.5 Å². The number of rotatable bonds is 4. The minimum Gasteiger partial charge on any atom is -0.490 e. The minimum atomic E-state index is -0.493. The molecule has 190 valence electrons. The molecule has 10 heteroatoms. The average molecular weight is 486 g/mol. The SMILES string of the molecule is CC(C)(C)OC(=O)N1CCN(C2=NCC(OCc3ccc(C(=O)N4CCOCC4)cc3)=CN2)CC1. The molecule has 3 aliphatic rings. The third kappa shape index (κ3) is 6.88. The van der Waals surface area contributed by atoms with Crippen LogP contribution in [-0.4, -0.2) is 97.3 Å². The first kappa shape index (κ1) is 24.8. The molecule has 2 fully saturated rings. The van der Waals surface area contributed by atoms with Crippen LogP contribution in [0.25, 0.3) is 0 Å². The van der Waals surface area contributed by atoms with Crippen LogP contribution in [0.15, 0.2) is 41.2 Å². The smallest absolute Gasteiger partial charge is 0.410 e. The Hall–Kier alpha value is -3.27. The number of piperazine rings is 1. The second-order valence-electron chi connectivity index (χ2n) is 9.74. The summed E-state index contributed by atoms with van der Waals surface area (Å²) in [5, 5.41) is 3.21. The van der Waals surface area contributed by atoms with Crippen LogP contribution in [-0.2, 0) is 20.8 Å². The van der Waals surface area contributed by atoms with Gasteiger partial charge in [-0.25, -0.2) is 9.79 Å². The van der Waals surface area contributed by atoms with Crippen molar-refractivity contribution < 1.29 is 23.8 Å². The Kier molecular flexibility index (Phi) is 7.80. The van der Waals surface area contributed by atoms with E-state index in [1.54, 1.807) is 4.90 Å². The number of nitrogens with zero attached hydrogens (tertiary/aromatic N) is 4. The second kappa shape index (κ2) is 11.0. The van der Waals surface area contributed by atoms with Crippen molar-refractivity contribution in [2.45, 2.75) is 33.0 Å². The third-order valence-electron chi connectivity index (χ3n) is 5.90. The number of aliphatic imine (C=N–C) groups is 1. The topological polar surface area (TPSA) is 95.9 Å². The Bertz CT molecular complexity index is 955. The maximum atomic E-state index is 12.6. The standard InChI is InChI=1S/C25H35N5O5/c1-25(2,3)35-24(32)30-10-8-29(9-11-30)23-26-16-21(17-27-23)34-18-19-4-6-20(7-5-19)22(31)28-12-14-33-15-13-28/h4-7,16H,8-15,17-18H2,1-3H3,(H,26,27). The molecule has 0 saturated carbocycles. The van der Waals surface area contributed by atoms with E-state index in [2.05, 4.69) is 15.2 Å². The van der Waals surface area contributed by atoms with E-state index in [1.807, 2.05) is 56.1 Å². The lowest BCUT2D eigenvalue weighted by Crippen LogP contribution is -2.54. The molecule has 0 spiro atoms. The summed E-state index contributed by atoms with van der Waals surface area (Å²) in [4.78, 5) is 35.1. The Morgan fingerprint density at radius 2 is 1.69 bits per heavy atom. The lowest BCUT2D eigenvalue weighted by molar-refractivity contribution is 0.0185. The van der Waals surface area contributed by atoms with E-state index in [-0.39, 0.29) is 12.0 Å². The summed E-state index contributed by atoms with van der Waals surface area (Å²) in [6, 6.07) is 7.53. The Labute approximate surface area is 206 Å². The van der Waals surface area contributed by atoms with E-state index in [1.165, 1.54) is 0 Å². The maximum absolute atomic E-state index is 12.6. The molecule has 10 nitrogen and oxygen atoms in total. The van der Waals surface area contributed by atoms with Crippen LogP contribution in [0.4, 0.5) is 4.79 Å². The van der Waals surface area contributed by atoms with E-state index in [0.29, 0.717) is 71.2 Å². The number of carbonyl (C=O) groups excluding carboxylic acids is 2. The van der Waals surface area contributed by atoms with Gasteiger partial charge in [0.05, 0.1) is 13.2 Å². The van der Waals surface area contributed by atoms with E-state index in [4.69, 9.17) is 14.2 Å². The number of nitrogens with one attached hydrogen (secondary N) is 1. The van der Waals surface area contributed by atoms with Gasteiger partial charge in [0.15, 0.2) is 5.96 Å². The van der Waals surface area contributed by atoms with Crippen molar-refractivity contribution in [2.75, 3.05) is 59.0 Å². The fourth-order valence-corrected chi connectivity index (χ4v) is 3.96. The largest absolute Gasteiger partial charge is 0.490 e. The molecule has 0 bridgehead atoms. The lowest BCUT2D eigenvalue weighted by atomic mass is 10.1. The second-order valence-corrected chi connectivity index (χ2v) is 9.74. The van der Waals surface area contributed by atoms with Gasteiger partial charge in [0.2, 0.25) is 0 Å². The van der Waals surface area contributed by atoms with E-state index in [0.717, 1.165) is 17.3 Å². The predicted octanol–water partition coefficient (Wildman–Crippen LogP) is 2.03. The Morgan fingerprint density at radius 3 is 2.29 bits per heavy atom. The van der Waals surface area contributed by atoms with Gasteiger partial charge < -0.3 is 34.2 Å². The van der Waals surface area contributed by atoms with Crippen molar-refractivity contribution in [3.05, 3.63) is 47.4 Å². The molecule has 0 radical (unpaired) electrons. The molecular weight excluding hydrogens is 450 g/mol. The van der Waals surface area contributed by atoms with Gasteiger partial charge in [0.25, 0.3) is 5.91 Å². The third-order valence-corrected chi connectivity index (χ3v) is 5.90. The molecule has 0 aliphatic carbocycles. The van der Waals surface area contributed by atoms with Crippen LogP contribution in [0, 0.1) is 0 Å². The fraction of sp³-hybridized carbons (Fsp3) is 0.560. The number of carbonyl (C=O) groups is 2. The Morgan fingerprint density at radius 1 is 1.00 bits per heavy atom. The highest BCUT2D eigenvalue weighted by molar-refractivity contribution is 5.94. The van der Waals surface area contributed by atoms with Gasteiger partial charge in [-0.2, -0.15) is 0 Å². The normalized spacial score (nSPS) is 18.9. The molecule has 0 atom stereocenters. The van der Waals surface area contributed by atoms with Gasteiger partial charge in [0, 0.05) is 51.0 Å². The number of amides is 2. The highest BCUT2D eigenvalue weighted by atomic mass is 16.6. The zero-order valence-corrected chi connectivity index (χ0v) is 20.8. The first-order valence-electron chi connectivity index (χ1n) is 12.1. The molecule has 2 amide bonds. The number of guanidine groups is 1.